The zero-order valence-electron chi connectivity index (χ0n) is 17.4. The molecule has 0 unspecified atom stereocenters. The molecule has 0 aromatic carbocycles. The van der Waals surface area contributed by atoms with Crippen molar-refractivity contribution >= 4 is 5.96 Å². The normalized spacial score (nSPS) is 14.5. The second-order valence-corrected chi connectivity index (χ2v) is 7.39. The topological polar surface area (TPSA) is 58.3 Å². The highest BCUT2D eigenvalue weighted by Crippen LogP contribution is 2.15. The number of nitrogens with zero attached hydrogens (tertiary/aromatic N) is 5. The van der Waals surface area contributed by atoms with Crippen LogP contribution in [0.25, 0.3) is 0 Å². The summed E-state index contributed by atoms with van der Waals surface area (Å²) in [5.74, 6) is 3.33. The van der Waals surface area contributed by atoms with Crippen molar-refractivity contribution in [2.24, 2.45) is 4.99 Å². The van der Waals surface area contributed by atoms with Crippen LogP contribution in [0.3, 0.4) is 0 Å². The summed E-state index contributed by atoms with van der Waals surface area (Å²) in [6.07, 6.45) is 13.6. The summed E-state index contributed by atoms with van der Waals surface area (Å²) in [5.41, 5.74) is 0. The largest absolute Gasteiger partial charge is 0.357 e. The van der Waals surface area contributed by atoms with Crippen LogP contribution in [-0.4, -0.2) is 52.3 Å². The average molecular weight is 375 g/mol. The van der Waals surface area contributed by atoms with Crippen LogP contribution in [0.15, 0.2) is 17.6 Å². The first kappa shape index (κ1) is 21.5. The Morgan fingerprint density at radius 1 is 1.22 bits per heavy atom. The third-order valence-corrected chi connectivity index (χ3v) is 5.10. The van der Waals surface area contributed by atoms with E-state index < -0.39 is 0 Å². The molecule has 0 saturated heterocycles. The highest BCUT2D eigenvalue weighted by molar-refractivity contribution is 5.79. The number of rotatable bonds is 11. The smallest absolute Gasteiger partial charge is 0.193 e. The van der Waals surface area contributed by atoms with E-state index >= 15 is 0 Å². The SMILES string of the molecule is C=CCCCCCN(C)C(=NCCCc1nnc2n1CCCCC2)NCC. The van der Waals surface area contributed by atoms with Gasteiger partial charge in [-0.25, -0.2) is 0 Å². The number of nitrogens with one attached hydrogen (secondary N) is 1. The van der Waals surface area contributed by atoms with E-state index in [1.807, 2.05) is 6.08 Å². The third kappa shape index (κ3) is 7.35. The summed E-state index contributed by atoms with van der Waals surface area (Å²) in [5, 5.41) is 12.2. The molecule has 6 heteroatoms. The second kappa shape index (κ2) is 12.5. The van der Waals surface area contributed by atoms with Gasteiger partial charge in [-0.3, -0.25) is 4.99 Å². The number of aryl methyl sites for hydroxylation is 2. The first-order valence-electron chi connectivity index (χ1n) is 10.8. The Kier molecular flexibility index (Phi) is 9.95. The van der Waals surface area contributed by atoms with Crippen molar-refractivity contribution in [1.29, 1.82) is 0 Å². The molecule has 2 heterocycles. The van der Waals surface area contributed by atoms with Crippen molar-refractivity contribution in [3.05, 3.63) is 24.3 Å². The third-order valence-electron chi connectivity index (χ3n) is 5.10. The molecule has 0 atom stereocenters. The lowest BCUT2D eigenvalue weighted by Crippen LogP contribution is -2.39. The maximum Gasteiger partial charge on any atom is 0.193 e. The second-order valence-electron chi connectivity index (χ2n) is 7.39. The van der Waals surface area contributed by atoms with Gasteiger partial charge in [-0.15, -0.1) is 16.8 Å². The van der Waals surface area contributed by atoms with Crippen molar-refractivity contribution < 1.29 is 0 Å². The van der Waals surface area contributed by atoms with Crippen molar-refractivity contribution in [2.75, 3.05) is 26.7 Å². The number of aromatic nitrogens is 3. The predicted octanol–water partition coefficient (Wildman–Crippen LogP) is 3.58. The fraction of sp³-hybridized carbons (Fsp3) is 0.762. The van der Waals surface area contributed by atoms with E-state index in [0.717, 1.165) is 63.6 Å². The first-order chi connectivity index (χ1) is 13.3. The van der Waals surface area contributed by atoms with Gasteiger partial charge in [-0.1, -0.05) is 18.9 Å². The fourth-order valence-electron chi connectivity index (χ4n) is 3.54. The van der Waals surface area contributed by atoms with Crippen LogP contribution < -0.4 is 5.32 Å². The number of hydrogen-bond acceptors (Lipinski definition) is 3. The maximum atomic E-state index is 4.82. The number of fused-ring (bicyclic) bond motifs is 1. The number of hydrogen-bond donors (Lipinski definition) is 1. The van der Waals surface area contributed by atoms with E-state index in [4.69, 9.17) is 4.99 Å². The fourth-order valence-corrected chi connectivity index (χ4v) is 3.54. The van der Waals surface area contributed by atoms with Gasteiger partial charge in [0.1, 0.15) is 11.6 Å². The molecular formula is C21H38N6. The zero-order valence-corrected chi connectivity index (χ0v) is 17.4. The molecule has 0 fully saturated rings. The summed E-state index contributed by atoms with van der Waals surface area (Å²) < 4.78 is 2.34. The van der Waals surface area contributed by atoms with E-state index in [-0.39, 0.29) is 0 Å². The molecule has 0 amide bonds. The van der Waals surface area contributed by atoms with E-state index in [1.165, 1.54) is 44.3 Å². The number of allylic oxidation sites excluding steroid dienone is 1. The molecule has 2 rings (SSSR count). The van der Waals surface area contributed by atoms with Gasteiger partial charge in [-0.2, -0.15) is 0 Å². The summed E-state index contributed by atoms with van der Waals surface area (Å²) >= 11 is 0. The van der Waals surface area contributed by atoms with Crippen LogP contribution in [0, 0.1) is 0 Å². The lowest BCUT2D eigenvalue weighted by atomic mass is 10.2. The summed E-state index contributed by atoms with van der Waals surface area (Å²) in [7, 11) is 2.13. The Balaban J connectivity index is 1.77. The molecule has 1 aliphatic heterocycles. The number of unbranched alkanes of at least 4 members (excludes halogenated alkanes) is 3. The van der Waals surface area contributed by atoms with Crippen LogP contribution >= 0.6 is 0 Å². The van der Waals surface area contributed by atoms with Crippen molar-refractivity contribution in [3.63, 3.8) is 0 Å². The summed E-state index contributed by atoms with van der Waals surface area (Å²) in [6, 6.07) is 0. The van der Waals surface area contributed by atoms with Crippen molar-refractivity contribution in [1.82, 2.24) is 25.0 Å². The average Bonchev–Trinajstić information content (AvgIpc) is 2.90. The lowest BCUT2D eigenvalue weighted by Gasteiger charge is -2.22. The van der Waals surface area contributed by atoms with Gasteiger partial charge in [0.15, 0.2) is 5.96 Å². The monoisotopic (exact) mass is 374 g/mol. The van der Waals surface area contributed by atoms with Gasteiger partial charge >= 0.3 is 0 Å². The van der Waals surface area contributed by atoms with Gasteiger partial charge < -0.3 is 14.8 Å². The number of aliphatic imine (C=N–C) groups is 1. The van der Waals surface area contributed by atoms with Crippen molar-refractivity contribution in [3.8, 4) is 0 Å². The highest BCUT2D eigenvalue weighted by Gasteiger charge is 2.14. The summed E-state index contributed by atoms with van der Waals surface area (Å²) in [4.78, 5) is 7.07. The highest BCUT2D eigenvalue weighted by atomic mass is 15.3. The van der Waals surface area contributed by atoms with Gasteiger partial charge in [0.25, 0.3) is 0 Å². The molecular weight excluding hydrogens is 336 g/mol. The van der Waals surface area contributed by atoms with Crippen LogP contribution in [0.5, 0.6) is 0 Å². The molecule has 0 bridgehead atoms. The molecule has 0 radical (unpaired) electrons. The Bertz CT molecular complexity index is 577. The molecule has 1 aromatic heterocycles. The molecule has 6 nitrogen and oxygen atoms in total. The molecule has 1 aromatic rings. The standard InChI is InChI=1S/C21H38N6/c1-4-6-7-8-11-17-26(3)21(22-5-2)23-16-13-15-20-25-24-19-14-10-9-12-18-27(19)20/h4H,1,5-18H2,2-3H3,(H,22,23). The Hall–Kier alpha value is -1.85. The zero-order chi connectivity index (χ0) is 19.3. The predicted molar refractivity (Wildman–Crippen MR) is 113 cm³/mol. The molecule has 0 saturated carbocycles. The first-order valence-corrected chi connectivity index (χ1v) is 10.8. The van der Waals surface area contributed by atoms with Crippen molar-refractivity contribution in [2.45, 2.75) is 77.7 Å². The lowest BCUT2D eigenvalue weighted by molar-refractivity contribution is 0.455. The summed E-state index contributed by atoms with van der Waals surface area (Å²) in [6.45, 7) is 9.76. The molecule has 1 aliphatic rings. The Morgan fingerprint density at radius 2 is 2.11 bits per heavy atom. The van der Waals surface area contributed by atoms with Crippen LogP contribution in [-0.2, 0) is 19.4 Å². The van der Waals surface area contributed by atoms with E-state index in [0.29, 0.717) is 0 Å². The maximum absolute atomic E-state index is 4.82. The number of guanidine groups is 1. The van der Waals surface area contributed by atoms with E-state index in [1.54, 1.807) is 0 Å². The van der Waals surface area contributed by atoms with E-state index in [2.05, 4.69) is 45.5 Å². The van der Waals surface area contributed by atoms with Gasteiger partial charge in [-0.05, 0) is 45.4 Å². The molecule has 27 heavy (non-hydrogen) atoms. The van der Waals surface area contributed by atoms with Crippen LogP contribution in [0.1, 0.15) is 69.9 Å². The Labute approximate surface area is 165 Å². The minimum atomic E-state index is 0.825. The molecule has 152 valence electrons. The Morgan fingerprint density at radius 3 is 2.93 bits per heavy atom. The molecule has 1 N–H and O–H groups in total. The van der Waals surface area contributed by atoms with Crippen LogP contribution in [0.4, 0.5) is 0 Å². The van der Waals surface area contributed by atoms with E-state index in [9.17, 15) is 0 Å². The minimum absolute atomic E-state index is 0.825. The van der Waals surface area contributed by atoms with Gasteiger partial charge in [0.05, 0.1) is 0 Å². The van der Waals surface area contributed by atoms with Crippen LogP contribution in [0.2, 0.25) is 0 Å². The van der Waals surface area contributed by atoms with Gasteiger partial charge in [0, 0.05) is 46.1 Å². The van der Waals surface area contributed by atoms with Gasteiger partial charge in [0.2, 0.25) is 0 Å². The molecule has 0 aliphatic carbocycles. The quantitative estimate of drug-likeness (QED) is 0.278. The minimum Gasteiger partial charge on any atom is -0.357 e. The molecule has 0 spiro atoms.